The van der Waals surface area contributed by atoms with Crippen LogP contribution in [0.25, 0.3) is 0 Å². The van der Waals surface area contributed by atoms with Crippen molar-refractivity contribution in [1.29, 1.82) is 0 Å². The molecule has 2 aromatic rings. The van der Waals surface area contributed by atoms with Crippen LogP contribution >= 0.6 is 45.2 Å². The fraction of sp³-hybridized carbons (Fsp3) is 0.333. The molecule has 0 aliphatic carbocycles. The Balaban J connectivity index is 2.41. The molecule has 2 rings (SSSR count). The van der Waals surface area contributed by atoms with E-state index in [1.54, 1.807) is 12.1 Å². The molecule has 0 bridgehead atoms. The Kier molecular flexibility index (Phi) is 6.37. The van der Waals surface area contributed by atoms with Gasteiger partial charge in [-0.2, -0.15) is 0 Å². The van der Waals surface area contributed by atoms with Crippen molar-refractivity contribution in [3.63, 3.8) is 0 Å². The molecule has 0 radical (unpaired) electrons. The summed E-state index contributed by atoms with van der Waals surface area (Å²) < 4.78 is 1.78. The van der Waals surface area contributed by atoms with E-state index >= 15 is 0 Å². The van der Waals surface area contributed by atoms with E-state index in [2.05, 4.69) is 71.2 Å². The van der Waals surface area contributed by atoms with Crippen LogP contribution in [-0.4, -0.2) is 10.2 Å². The first-order valence-corrected chi connectivity index (χ1v) is 9.60. The number of hydrogen-bond acceptors (Lipinski definition) is 2. The van der Waals surface area contributed by atoms with Gasteiger partial charge in [0.25, 0.3) is 0 Å². The third-order valence-electron chi connectivity index (χ3n) is 4.17. The molecule has 0 fully saturated rings. The van der Waals surface area contributed by atoms with Crippen molar-refractivity contribution >= 4 is 45.2 Å². The van der Waals surface area contributed by atoms with Gasteiger partial charge in [0.05, 0.1) is 7.14 Å². The van der Waals surface area contributed by atoms with Crippen molar-refractivity contribution in [2.24, 2.45) is 0 Å². The molecular formula is C18H20I2O2. The molecule has 0 spiro atoms. The van der Waals surface area contributed by atoms with E-state index in [0.29, 0.717) is 23.3 Å². The highest BCUT2D eigenvalue weighted by Crippen LogP contribution is 2.40. The molecule has 0 aliphatic heterocycles. The van der Waals surface area contributed by atoms with Gasteiger partial charge in [-0.25, -0.2) is 0 Å². The van der Waals surface area contributed by atoms with Gasteiger partial charge in [-0.15, -0.1) is 0 Å². The first-order valence-electron chi connectivity index (χ1n) is 7.44. The maximum atomic E-state index is 9.74. The minimum Gasteiger partial charge on any atom is -0.507 e. The summed E-state index contributed by atoms with van der Waals surface area (Å²) in [6, 6.07) is 11.8. The molecule has 0 saturated heterocycles. The van der Waals surface area contributed by atoms with Gasteiger partial charge >= 0.3 is 0 Å². The second kappa shape index (κ2) is 7.86. The number of rotatable bonds is 5. The van der Waals surface area contributed by atoms with Crippen molar-refractivity contribution in [2.45, 2.75) is 38.5 Å². The number of halogens is 2. The molecule has 2 N–H and O–H groups in total. The zero-order chi connectivity index (χ0) is 16.3. The van der Waals surface area contributed by atoms with Crippen LogP contribution in [0.4, 0.5) is 0 Å². The van der Waals surface area contributed by atoms with E-state index in [0.717, 1.165) is 20.0 Å². The predicted molar refractivity (Wildman–Crippen MR) is 108 cm³/mol. The molecule has 0 amide bonds. The maximum absolute atomic E-state index is 9.74. The molecule has 2 aromatic carbocycles. The van der Waals surface area contributed by atoms with Crippen molar-refractivity contribution in [1.82, 2.24) is 0 Å². The van der Waals surface area contributed by atoms with Crippen LogP contribution in [-0.2, 0) is 0 Å². The van der Waals surface area contributed by atoms with Gasteiger partial charge in [-0.05, 0) is 105 Å². The second-order valence-electron chi connectivity index (χ2n) is 5.45. The number of phenolic OH excluding ortho intramolecular Hbond substituents is 2. The monoisotopic (exact) mass is 522 g/mol. The zero-order valence-corrected chi connectivity index (χ0v) is 17.0. The molecule has 0 heterocycles. The number of aromatic hydroxyl groups is 2. The number of benzene rings is 2. The summed E-state index contributed by atoms with van der Waals surface area (Å²) in [4.78, 5) is 0. The Morgan fingerprint density at radius 2 is 1.14 bits per heavy atom. The van der Waals surface area contributed by atoms with Crippen LogP contribution in [0.2, 0.25) is 0 Å². The van der Waals surface area contributed by atoms with Crippen LogP contribution in [0.15, 0.2) is 36.4 Å². The molecule has 0 aromatic heterocycles. The Morgan fingerprint density at radius 1 is 0.773 bits per heavy atom. The van der Waals surface area contributed by atoms with Crippen molar-refractivity contribution < 1.29 is 10.2 Å². The van der Waals surface area contributed by atoms with Crippen LogP contribution in [0.1, 0.15) is 49.7 Å². The Morgan fingerprint density at radius 3 is 1.41 bits per heavy atom. The molecule has 2 unspecified atom stereocenters. The third-order valence-corrected chi connectivity index (χ3v) is 5.89. The lowest BCUT2D eigenvalue weighted by atomic mass is 9.78. The van der Waals surface area contributed by atoms with Gasteiger partial charge in [-0.3, -0.25) is 0 Å². The lowest BCUT2D eigenvalue weighted by molar-refractivity contribution is 0.466. The quantitative estimate of drug-likeness (QED) is 0.474. The molecule has 2 atom stereocenters. The number of hydrogen-bond donors (Lipinski definition) is 2. The molecular weight excluding hydrogens is 502 g/mol. The first kappa shape index (κ1) is 17.8. The minimum atomic E-state index is 0.339. The summed E-state index contributed by atoms with van der Waals surface area (Å²) in [6.45, 7) is 4.41. The Labute approximate surface area is 159 Å². The summed E-state index contributed by atoms with van der Waals surface area (Å²) in [7, 11) is 0. The second-order valence-corrected chi connectivity index (χ2v) is 7.78. The van der Waals surface area contributed by atoms with Crippen LogP contribution in [0.3, 0.4) is 0 Å². The van der Waals surface area contributed by atoms with E-state index in [1.165, 1.54) is 11.1 Å². The molecule has 4 heteroatoms. The lowest BCUT2D eigenvalue weighted by Gasteiger charge is -2.27. The van der Waals surface area contributed by atoms with Gasteiger partial charge in [-0.1, -0.05) is 26.0 Å². The molecule has 0 aliphatic rings. The van der Waals surface area contributed by atoms with E-state index in [4.69, 9.17) is 0 Å². The molecule has 2 nitrogen and oxygen atoms in total. The van der Waals surface area contributed by atoms with Gasteiger partial charge < -0.3 is 10.2 Å². The fourth-order valence-corrected chi connectivity index (χ4v) is 4.09. The Bertz CT molecular complexity index is 598. The highest BCUT2D eigenvalue weighted by Gasteiger charge is 2.23. The van der Waals surface area contributed by atoms with Crippen LogP contribution in [0, 0.1) is 7.14 Å². The molecule has 22 heavy (non-hydrogen) atoms. The lowest BCUT2D eigenvalue weighted by Crippen LogP contribution is -2.10. The highest BCUT2D eigenvalue weighted by atomic mass is 127. The van der Waals surface area contributed by atoms with Crippen molar-refractivity contribution in [3.8, 4) is 11.5 Å². The van der Waals surface area contributed by atoms with Crippen LogP contribution in [0.5, 0.6) is 11.5 Å². The predicted octanol–water partition coefficient (Wildman–Crippen LogP) is 5.99. The summed E-state index contributed by atoms with van der Waals surface area (Å²) >= 11 is 4.35. The molecule has 0 saturated carbocycles. The van der Waals surface area contributed by atoms with Gasteiger partial charge in [0.15, 0.2) is 0 Å². The Hall–Kier alpha value is -0.500. The van der Waals surface area contributed by atoms with Gasteiger partial charge in [0.2, 0.25) is 0 Å². The smallest absolute Gasteiger partial charge is 0.128 e. The van der Waals surface area contributed by atoms with E-state index < -0.39 is 0 Å². The third kappa shape index (κ3) is 3.88. The maximum Gasteiger partial charge on any atom is 0.128 e. The van der Waals surface area contributed by atoms with Crippen molar-refractivity contribution in [2.75, 3.05) is 0 Å². The minimum absolute atomic E-state index is 0.339. The highest BCUT2D eigenvalue weighted by molar-refractivity contribution is 14.1. The summed E-state index contributed by atoms with van der Waals surface area (Å²) in [6.07, 6.45) is 2.08. The van der Waals surface area contributed by atoms with E-state index in [-0.39, 0.29) is 0 Å². The average Bonchev–Trinajstić information content (AvgIpc) is 2.50. The topological polar surface area (TPSA) is 40.5 Å². The zero-order valence-electron chi connectivity index (χ0n) is 12.7. The summed E-state index contributed by atoms with van der Waals surface area (Å²) in [5.74, 6) is 1.48. The number of phenols is 2. The molecule has 118 valence electrons. The SMILES string of the molecule is CCC(c1ccc(O)c(I)c1)C(CC)c1ccc(O)c(I)c1. The van der Waals surface area contributed by atoms with Crippen molar-refractivity contribution in [3.05, 3.63) is 54.7 Å². The van der Waals surface area contributed by atoms with E-state index in [1.807, 2.05) is 12.1 Å². The van der Waals surface area contributed by atoms with Gasteiger partial charge in [0, 0.05) is 0 Å². The standard InChI is InChI=1S/C18H20I2O2/c1-3-13(11-5-7-17(21)15(19)9-11)14(4-2)12-6-8-18(22)16(20)10-12/h5-10,13-14,21-22H,3-4H2,1-2H3. The normalized spacial score (nSPS) is 13.8. The van der Waals surface area contributed by atoms with E-state index in [9.17, 15) is 10.2 Å². The first-order chi connectivity index (χ1) is 10.5. The average molecular weight is 522 g/mol. The van der Waals surface area contributed by atoms with Gasteiger partial charge in [0.1, 0.15) is 11.5 Å². The fourth-order valence-electron chi connectivity index (χ4n) is 3.01. The van der Waals surface area contributed by atoms with Crippen LogP contribution < -0.4 is 0 Å². The summed E-state index contributed by atoms with van der Waals surface area (Å²) in [5.41, 5.74) is 2.53. The summed E-state index contributed by atoms with van der Waals surface area (Å²) in [5, 5.41) is 19.5. The largest absolute Gasteiger partial charge is 0.507 e.